The van der Waals surface area contributed by atoms with E-state index in [1.54, 1.807) is 20.3 Å². The predicted octanol–water partition coefficient (Wildman–Crippen LogP) is 1.86. The van der Waals surface area contributed by atoms with Crippen molar-refractivity contribution in [3.63, 3.8) is 0 Å². The molecule has 0 saturated carbocycles. The molecule has 0 bridgehead atoms. The Morgan fingerprint density at radius 1 is 1.29 bits per heavy atom. The molecule has 0 aliphatic carbocycles. The Bertz CT molecular complexity index is 315. The molecule has 14 heavy (non-hydrogen) atoms. The molecule has 0 aromatic heterocycles. The zero-order valence-corrected chi connectivity index (χ0v) is 9.10. The molecular weight excluding hydrogens is 202 g/mol. The Morgan fingerprint density at radius 3 is 2.50 bits per heavy atom. The second kappa shape index (κ2) is 5.08. The van der Waals surface area contributed by atoms with Crippen molar-refractivity contribution in [2.24, 2.45) is 5.73 Å². The molecule has 0 atom stereocenters. The minimum Gasteiger partial charge on any atom is -0.497 e. The van der Waals surface area contributed by atoms with Crippen LogP contribution < -0.4 is 15.2 Å². The van der Waals surface area contributed by atoms with E-state index in [2.05, 4.69) is 0 Å². The topological polar surface area (TPSA) is 44.5 Å². The molecule has 0 amide bonds. The van der Waals surface area contributed by atoms with Crippen LogP contribution >= 0.6 is 11.6 Å². The van der Waals surface area contributed by atoms with Gasteiger partial charge >= 0.3 is 0 Å². The normalized spacial score (nSPS) is 10.0. The molecule has 1 rings (SSSR count). The van der Waals surface area contributed by atoms with E-state index in [9.17, 15) is 0 Å². The molecule has 0 radical (unpaired) electrons. The number of nitrogens with two attached hydrogens (primary N) is 1. The highest BCUT2D eigenvalue weighted by Gasteiger charge is 2.09. The summed E-state index contributed by atoms with van der Waals surface area (Å²) in [7, 11) is 3.19. The molecule has 4 heteroatoms. The first-order valence-corrected chi connectivity index (χ1v) is 4.71. The monoisotopic (exact) mass is 215 g/mol. The van der Waals surface area contributed by atoms with E-state index in [4.69, 9.17) is 26.8 Å². The molecular formula is C10H14ClNO2. The molecule has 1 aromatic carbocycles. The first kappa shape index (κ1) is 11.1. The van der Waals surface area contributed by atoms with Gasteiger partial charge in [0.2, 0.25) is 0 Å². The van der Waals surface area contributed by atoms with Crippen molar-refractivity contribution in [1.29, 1.82) is 0 Å². The van der Waals surface area contributed by atoms with Gasteiger partial charge in [-0.3, -0.25) is 0 Å². The van der Waals surface area contributed by atoms with Crippen LogP contribution in [-0.2, 0) is 6.42 Å². The largest absolute Gasteiger partial charge is 0.497 e. The molecule has 0 aliphatic rings. The van der Waals surface area contributed by atoms with Crippen LogP contribution in [0.3, 0.4) is 0 Å². The summed E-state index contributed by atoms with van der Waals surface area (Å²) in [6, 6.07) is 3.61. The minimum atomic E-state index is 0.551. The zero-order valence-electron chi connectivity index (χ0n) is 8.34. The van der Waals surface area contributed by atoms with Gasteiger partial charge in [0, 0.05) is 11.6 Å². The Labute approximate surface area is 88.8 Å². The van der Waals surface area contributed by atoms with Crippen molar-refractivity contribution >= 4 is 11.6 Å². The Balaban J connectivity index is 3.13. The summed E-state index contributed by atoms with van der Waals surface area (Å²) in [5.41, 5.74) is 6.46. The number of benzene rings is 1. The fourth-order valence-corrected chi connectivity index (χ4v) is 1.62. The lowest BCUT2D eigenvalue weighted by atomic mass is 10.1. The second-order valence-corrected chi connectivity index (χ2v) is 3.25. The Hall–Kier alpha value is -0.930. The number of hydrogen-bond acceptors (Lipinski definition) is 3. The minimum absolute atomic E-state index is 0.551. The lowest BCUT2D eigenvalue weighted by Crippen LogP contribution is -2.05. The van der Waals surface area contributed by atoms with E-state index >= 15 is 0 Å². The van der Waals surface area contributed by atoms with Gasteiger partial charge in [-0.1, -0.05) is 11.6 Å². The third-order valence-electron chi connectivity index (χ3n) is 1.95. The van der Waals surface area contributed by atoms with Crippen LogP contribution in [0.15, 0.2) is 12.1 Å². The van der Waals surface area contributed by atoms with Gasteiger partial charge in [-0.2, -0.15) is 0 Å². The van der Waals surface area contributed by atoms with Crippen molar-refractivity contribution in [2.45, 2.75) is 6.42 Å². The van der Waals surface area contributed by atoms with Gasteiger partial charge in [-0.05, 0) is 19.0 Å². The van der Waals surface area contributed by atoms with Crippen LogP contribution in [0.1, 0.15) is 5.56 Å². The first-order valence-electron chi connectivity index (χ1n) is 4.33. The molecule has 1 aromatic rings. The first-order chi connectivity index (χ1) is 6.72. The maximum absolute atomic E-state index is 6.00. The van der Waals surface area contributed by atoms with Crippen molar-refractivity contribution in [1.82, 2.24) is 0 Å². The number of ether oxygens (including phenoxy) is 2. The molecule has 0 fully saturated rings. The molecule has 2 N–H and O–H groups in total. The zero-order chi connectivity index (χ0) is 10.6. The standard InChI is InChI=1S/C10H14ClNO2/c1-13-8-5-7(3-4-12)10(14-2)9(11)6-8/h5-6H,3-4,12H2,1-2H3. The average Bonchev–Trinajstić information content (AvgIpc) is 2.18. The van der Waals surface area contributed by atoms with E-state index in [1.807, 2.05) is 6.07 Å². The molecule has 78 valence electrons. The molecule has 3 nitrogen and oxygen atoms in total. The lowest BCUT2D eigenvalue weighted by molar-refractivity contribution is 0.399. The Morgan fingerprint density at radius 2 is 2.00 bits per heavy atom. The fourth-order valence-electron chi connectivity index (χ4n) is 1.31. The van der Waals surface area contributed by atoms with Gasteiger partial charge in [-0.15, -0.1) is 0 Å². The van der Waals surface area contributed by atoms with Gasteiger partial charge in [0.1, 0.15) is 11.5 Å². The summed E-state index contributed by atoms with van der Waals surface area (Å²) in [5, 5.41) is 0.551. The summed E-state index contributed by atoms with van der Waals surface area (Å²) in [4.78, 5) is 0. The SMILES string of the molecule is COc1cc(Cl)c(OC)c(CCN)c1. The van der Waals surface area contributed by atoms with Crippen LogP contribution in [0.2, 0.25) is 5.02 Å². The fraction of sp³-hybridized carbons (Fsp3) is 0.400. The molecule has 0 spiro atoms. The van der Waals surface area contributed by atoms with Crippen molar-refractivity contribution < 1.29 is 9.47 Å². The molecule has 0 saturated heterocycles. The third-order valence-corrected chi connectivity index (χ3v) is 2.23. The predicted molar refractivity (Wildman–Crippen MR) is 57.3 cm³/mol. The van der Waals surface area contributed by atoms with Gasteiger partial charge in [0.05, 0.1) is 19.2 Å². The summed E-state index contributed by atoms with van der Waals surface area (Å²) in [5.74, 6) is 1.40. The van der Waals surface area contributed by atoms with Gasteiger partial charge < -0.3 is 15.2 Å². The van der Waals surface area contributed by atoms with E-state index in [-0.39, 0.29) is 0 Å². The third kappa shape index (κ3) is 2.30. The highest BCUT2D eigenvalue weighted by molar-refractivity contribution is 6.32. The van der Waals surface area contributed by atoms with Gasteiger partial charge in [0.25, 0.3) is 0 Å². The Kier molecular flexibility index (Phi) is 4.04. The molecule has 0 aliphatic heterocycles. The highest BCUT2D eigenvalue weighted by atomic mass is 35.5. The summed E-state index contributed by atoms with van der Waals surface area (Å²) >= 11 is 6.00. The summed E-state index contributed by atoms with van der Waals surface area (Å²) in [6.45, 7) is 0.555. The average molecular weight is 216 g/mol. The van der Waals surface area contributed by atoms with Crippen LogP contribution in [0.25, 0.3) is 0 Å². The van der Waals surface area contributed by atoms with E-state index in [0.717, 1.165) is 17.7 Å². The van der Waals surface area contributed by atoms with Gasteiger partial charge in [-0.25, -0.2) is 0 Å². The highest BCUT2D eigenvalue weighted by Crippen LogP contribution is 2.33. The van der Waals surface area contributed by atoms with E-state index in [1.165, 1.54) is 0 Å². The lowest BCUT2D eigenvalue weighted by Gasteiger charge is -2.11. The smallest absolute Gasteiger partial charge is 0.140 e. The maximum Gasteiger partial charge on any atom is 0.140 e. The number of halogens is 1. The number of rotatable bonds is 4. The number of methoxy groups -OCH3 is 2. The quantitative estimate of drug-likeness (QED) is 0.834. The van der Waals surface area contributed by atoms with Crippen molar-refractivity contribution in [2.75, 3.05) is 20.8 Å². The molecule has 0 heterocycles. The van der Waals surface area contributed by atoms with Crippen molar-refractivity contribution in [3.05, 3.63) is 22.7 Å². The van der Waals surface area contributed by atoms with E-state index in [0.29, 0.717) is 17.3 Å². The van der Waals surface area contributed by atoms with Crippen LogP contribution in [0.5, 0.6) is 11.5 Å². The number of hydrogen-bond donors (Lipinski definition) is 1. The van der Waals surface area contributed by atoms with Crippen molar-refractivity contribution in [3.8, 4) is 11.5 Å². The van der Waals surface area contributed by atoms with Crippen LogP contribution in [0, 0.1) is 0 Å². The summed E-state index contributed by atoms with van der Waals surface area (Å²) in [6.07, 6.45) is 0.722. The van der Waals surface area contributed by atoms with Crippen LogP contribution in [0.4, 0.5) is 0 Å². The maximum atomic E-state index is 6.00. The van der Waals surface area contributed by atoms with Gasteiger partial charge in [0.15, 0.2) is 0 Å². The van der Waals surface area contributed by atoms with Crippen LogP contribution in [-0.4, -0.2) is 20.8 Å². The second-order valence-electron chi connectivity index (χ2n) is 2.84. The van der Waals surface area contributed by atoms with E-state index < -0.39 is 0 Å². The summed E-state index contributed by atoms with van der Waals surface area (Å²) < 4.78 is 10.3. The molecule has 0 unspecified atom stereocenters.